The van der Waals surface area contributed by atoms with E-state index < -0.39 is 0 Å². The lowest BCUT2D eigenvalue weighted by atomic mass is 10.1. The number of anilines is 1. The molecule has 1 atom stereocenters. The lowest BCUT2D eigenvalue weighted by Crippen LogP contribution is -2.35. The molecule has 0 aliphatic heterocycles. The highest BCUT2D eigenvalue weighted by Crippen LogP contribution is 2.34. The van der Waals surface area contributed by atoms with Gasteiger partial charge in [0.2, 0.25) is 0 Å². The summed E-state index contributed by atoms with van der Waals surface area (Å²) in [6, 6.07) is 5.23. The van der Waals surface area contributed by atoms with E-state index >= 15 is 0 Å². The largest absolute Gasteiger partial charge is 0.398 e. The molecule has 1 aromatic rings. The molecule has 0 aromatic heterocycles. The quantitative estimate of drug-likeness (QED) is 0.804. The second kappa shape index (κ2) is 5.61. The Morgan fingerprint density at radius 1 is 1.56 bits per heavy atom. The van der Waals surface area contributed by atoms with E-state index in [1.54, 1.807) is 18.2 Å². The Bertz CT molecular complexity index is 443. The molecule has 0 radical (unpaired) electrons. The van der Waals surface area contributed by atoms with Gasteiger partial charge in [-0.3, -0.25) is 4.79 Å². The van der Waals surface area contributed by atoms with Crippen LogP contribution in [-0.2, 0) is 0 Å². The number of carbonyl (C=O) groups excluding carboxylic acids is 1. The highest BCUT2D eigenvalue weighted by Gasteiger charge is 2.25. The van der Waals surface area contributed by atoms with Gasteiger partial charge in [0.15, 0.2) is 0 Å². The Kier molecular flexibility index (Phi) is 4.12. The molecule has 1 aromatic carbocycles. The number of rotatable bonds is 5. The van der Waals surface area contributed by atoms with Crippen LogP contribution >= 0.6 is 11.6 Å². The SMILES string of the molecule is CCC(CC1CC1)NC(=O)c1ccc(Cl)cc1N. The molecule has 18 heavy (non-hydrogen) atoms. The minimum atomic E-state index is -0.100. The Labute approximate surface area is 113 Å². The summed E-state index contributed by atoms with van der Waals surface area (Å²) in [5.74, 6) is 0.703. The molecule has 1 aliphatic carbocycles. The number of hydrogen-bond acceptors (Lipinski definition) is 2. The highest BCUT2D eigenvalue weighted by atomic mass is 35.5. The fourth-order valence-electron chi connectivity index (χ4n) is 2.09. The van der Waals surface area contributed by atoms with Crippen molar-refractivity contribution in [2.24, 2.45) is 5.92 Å². The zero-order chi connectivity index (χ0) is 13.1. The first-order valence-electron chi connectivity index (χ1n) is 6.46. The molecule has 1 amide bonds. The van der Waals surface area contributed by atoms with Gasteiger partial charge in [-0.1, -0.05) is 31.4 Å². The first kappa shape index (κ1) is 13.2. The van der Waals surface area contributed by atoms with Crippen LogP contribution in [0.15, 0.2) is 18.2 Å². The van der Waals surface area contributed by atoms with Crippen LogP contribution in [0.25, 0.3) is 0 Å². The van der Waals surface area contributed by atoms with Crippen LogP contribution in [0.4, 0.5) is 5.69 Å². The van der Waals surface area contributed by atoms with E-state index in [4.69, 9.17) is 17.3 Å². The van der Waals surface area contributed by atoms with Crippen LogP contribution < -0.4 is 11.1 Å². The molecule has 3 nitrogen and oxygen atoms in total. The van der Waals surface area contributed by atoms with Crippen LogP contribution in [0.1, 0.15) is 43.0 Å². The monoisotopic (exact) mass is 266 g/mol. The number of nitrogen functional groups attached to an aromatic ring is 1. The molecule has 1 saturated carbocycles. The van der Waals surface area contributed by atoms with Crippen molar-refractivity contribution >= 4 is 23.2 Å². The summed E-state index contributed by atoms with van der Waals surface area (Å²) < 4.78 is 0. The van der Waals surface area contributed by atoms with Crippen molar-refractivity contribution in [1.82, 2.24) is 5.32 Å². The molecule has 2 rings (SSSR count). The maximum absolute atomic E-state index is 12.1. The van der Waals surface area contributed by atoms with Gasteiger partial charge in [-0.2, -0.15) is 0 Å². The van der Waals surface area contributed by atoms with Crippen LogP contribution in [0.2, 0.25) is 5.02 Å². The third-order valence-electron chi connectivity index (χ3n) is 3.40. The number of halogens is 1. The van der Waals surface area contributed by atoms with Crippen molar-refractivity contribution in [3.63, 3.8) is 0 Å². The van der Waals surface area contributed by atoms with E-state index in [-0.39, 0.29) is 11.9 Å². The van der Waals surface area contributed by atoms with E-state index in [0.29, 0.717) is 16.3 Å². The van der Waals surface area contributed by atoms with Crippen LogP contribution in [-0.4, -0.2) is 11.9 Å². The van der Waals surface area contributed by atoms with E-state index in [9.17, 15) is 4.79 Å². The van der Waals surface area contributed by atoms with Gasteiger partial charge in [0.25, 0.3) is 5.91 Å². The van der Waals surface area contributed by atoms with Crippen molar-refractivity contribution < 1.29 is 4.79 Å². The molecule has 98 valence electrons. The van der Waals surface area contributed by atoms with E-state index in [2.05, 4.69) is 12.2 Å². The summed E-state index contributed by atoms with van der Waals surface area (Å²) in [7, 11) is 0. The van der Waals surface area contributed by atoms with E-state index in [0.717, 1.165) is 18.8 Å². The zero-order valence-electron chi connectivity index (χ0n) is 10.6. The predicted molar refractivity (Wildman–Crippen MR) is 74.8 cm³/mol. The topological polar surface area (TPSA) is 55.1 Å². The van der Waals surface area contributed by atoms with Gasteiger partial charge in [0, 0.05) is 16.8 Å². The third kappa shape index (κ3) is 3.39. The van der Waals surface area contributed by atoms with Gasteiger partial charge in [-0.15, -0.1) is 0 Å². The summed E-state index contributed by atoms with van der Waals surface area (Å²) in [6.45, 7) is 2.10. The van der Waals surface area contributed by atoms with E-state index in [1.807, 2.05) is 0 Å². The van der Waals surface area contributed by atoms with Gasteiger partial charge < -0.3 is 11.1 Å². The van der Waals surface area contributed by atoms with Gasteiger partial charge in [-0.05, 0) is 37.0 Å². The minimum Gasteiger partial charge on any atom is -0.398 e. The molecule has 0 spiro atoms. The number of nitrogens with two attached hydrogens (primary N) is 1. The molecular formula is C14H19ClN2O. The van der Waals surface area contributed by atoms with Crippen LogP contribution in [0, 0.1) is 5.92 Å². The fraction of sp³-hybridized carbons (Fsp3) is 0.500. The Hall–Kier alpha value is -1.22. The van der Waals surface area contributed by atoms with Gasteiger partial charge in [0.1, 0.15) is 0 Å². The van der Waals surface area contributed by atoms with Crippen molar-refractivity contribution in [2.45, 2.75) is 38.6 Å². The van der Waals surface area contributed by atoms with E-state index in [1.165, 1.54) is 12.8 Å². The Morgan fingerprint density at radius 2 is 2.28 bits per heavy atom. The summed E-state index contributed by atoms with van der Waals surface area (Å²) in [5.41, 5.74) is 6.75. The first-order chi connectivity index (χ1) is 8.60. The van der Waals surface area contributed by atoms with Crippen molar-refractivity contribution in [3.8, 4) is 0 Å². The van der Waals surface area contributed by atoms with Crippen LogP contribution in [0.5, 0.6) is 0 Å². The second-order valence-corrected chi connectivity index (χ2v) is 5.43. The molecule has 4 heteroatoms. The second-order valence-electron chi connectivity index (χ2n) is 4.99. The molecule has 0 heterocycles. The van der Waals surface area contributed by atoms with Gasteiger partial charge >= 0.3 is 0 Å². The lowest BCUT2D eigenvalue weighted by molar-refractivity contribution is 0.0933. The average molecular weight is 267 g/mol. The minimum absolute atomic E-state index is 0.100. The smallest absolute Gasteiger partial charge is 0.253 e. The summed E-state index contributed by atoms with van der Waals surface area (Å²) in [6.07, 6.45) is 4.64. The molecular weight excluding hydrogens is 248 g/mol. The molecule has 3 N–H and O–H groups in total. The number of benzene rings is 1. The summed E-state index contributed by atoms with van der Waals surface area (Å²) >= 11 is 5.82. The molecule has 0 bridgehead atoms. The summed E-state index contributed by atoms with van der Waals surface area (Å²) in [4.78, 5) is 12.1. The highest BCUT2D eigenvalue weighted by molar-refractivity contribution is 6.31. The van der Waals surface area contributed by atoms with Crippen molar-refractivity contribution in [2.75, 3.05) is 5.73 Å². The average Bonchev–Trinajstić information content (AvgIpc) is 3.11. The predicted octanol–water partition coefficient (Wildman–Crippen LogP) is 3.23. The zero-order valence-corrected chi connectivity index (χ0v) is 11.3. The van der Waals surface area contributed by atoms with Gasteiger partial charge in [0.05, 0.1) is 5.56 Å². The molecule has 1 aliphatic rings. The standard InChI is InChI=1S/C14H19ClN2O/c1-2-11(7-9-3-4-9)17-14(18)12-6-5-10(15)8-13(12)16/h5-6,8-9,11H,2-4,7,16H2,1H3,(H,17,18). The fourth-order valence-corrected chi connectivity index (χ4v) is 2.27. The molecule has 1 unspecified atom stereocenters. The number of hydrogen-bond donors (Lipinski definition) is 2. The maximum Gasteiger partial charge on any atom is 0.253 e. The van der Waals surface area contributed by atoms with Crippen LogP contribution in [0.3, 0.4) is 0 Å². The van der Waals surface area contributed by atoms with Crippen molar-refractivity contribution in [1.29, 1.82) is 0 Å². The first-order valence-corrected chi connectivity index (χ1v) is 6.83. The van der Waals surface area contributed by atoms with Crippen molar-refractivity contribution in [3.05, 3.63) is 28.8 Å². The Balaban J connectivity index is 2.00. The maximum atomic E-state index is 12.1. The Morgan fingerprint density at radius 3 is 2.83 bits per heavy atom. The normalized spacial score (nSPS) is 16.3. The number of nitrogens with one attached hydrogen (secondary N) is 1. The molecule has 1 fully saturated rings. The van der Waals surface area contributed by atoms with Gasteiger partial charge in [-0.25, -0.2) is 0 Å². The lowest BCUT2D eigenvalue weighted by Gasteiger charge is -2.17. The molecule has 0 saturated heterocycles. The summed E-state index contributed by atoms with van der Waals surface area (Å²) in [5, 5.41) is 3.60. The number of carbonyl (C=O) groups is 1. The third-order valence-corrected chi connectivity index (χ3v) is 3.64. The number of amides is 1.